The minimum atomic E-state index is -0.126. The van der Waals surface area contributed by atoms with Gasteiger partial charge in [-0.15, -0.1) is 0 Å². The Kier molecular flexibility index (Phi) is 7.65. The number of methoxy groups -OCH3 is 1. The highest BCUT2D eigenvalue weighted by Gasteiger charge is 2.23. The molecule has 7 nitrogen and oxygen atoms in total. The van der Waals surface area contributed by atoms with Gasteiger partial charge in [0.05, 0.1) is 7.11 Å². The molecule has 1 aromatic carbocycles. The van der Waals surface area contributed by atoms with Gasteiger partial charge in [0, 0.05) is 50.2 Å². The van der Waals surface area contributed by atoms with Crippen molar-refractivity contribution in [2.24, 2.45) is 7.05 Å². The number of amides is 2. The minimum absolute atomic E-state index is 0.0990. The molecule has 2 heterocycles. The standard InChI is InChI=1S/C25H30N4O3/c1-18-15-20(17-23(27-18)32-4)25(31)29(3)21(16-19-9-6-5-7-10-19)12-13-26-24(30)22-11-8-14-28(22)2/h5-11,14-15,17,21H,12-13,16H2,1-4H3,(H,26,30)/t21-/m1/s1. The van der Waals surface area contributed by atoms with Gasteiger partial charge in [-0.3, -0.25) is 9.59 Å². The van der Waals surface area contributed by atoms with Crippen molar-refractivity contribution in [2.45, 2.75) is 25.8 Å². The first-order valence-corrected chi connectivity index (χ1v) is 10.6. The summed E-state index contributed by atoms with van der Waals surface area (Å²) in [6.45, 7) is 2.29. The average molecular weight is 435 g/mol. The summed E-state index contributed by atoms with van der Waals surface area (Å²) in [5, 5.41) is 2.98. The molecule has 32 heavy (non-hydrogen) atoms. The summed E-state index contributed by atoms with van der Waals surface area (Å²) in [6, 6.07) is 17.0. The van der Waals surface area contributed by atoms with Gasteiger partial charge in [-0.1, -0.05) is 30.3 Å². The van der Waals surface area contributed by atoms with Gasteiger partial charge in [0.1, 0.15) is 5.69 Å². The van der Waals surface area contributed by atoms with E-state index < -0.39 is 0 Å². The monoisotopic (exact) mass is 434 g/mol. The maximum atomic E-state index is 13.3. The van der Waals surface area contributed by atoms with Crippen LogP contribution in [0.4, 0.5) is 0 Å². The third-order valence-corrected chi connectivity index (χ3v) is 5.51. The van der Waals surface area contributed by atoms with Crippen molar-refractivity contribution in [1.82, 2.24) is 19.8 Å². The third-order valence-electron chi connectivity index (χ3n) is 5.51. The Morgan fingerprint density at radius 2 is 1.91 bits per heavy atom. The molecule has 3 aromatic rings. The van der Waals surface area contributed by atoms with E-state index in [2.05, 4.69) is 10.3 Å². The van der Waals surface area contributed by atoms with Crippen LogP contribution >= 0.6 is 0 Å². The lowest BCUT2D eigenvalue weighted by atomic mass is 10.0. The van der Waals surface area contributed by atoms with E-state index in [0.29, 0.717) is 36.5 Å². The van der Waals surface area contributed by atoms with Crippen LogP contribution in [0.5, 0.6) is 5.88 Å². The van der Waals surface area contributed by atoms with Crippen LogP contribution < -0.4 is 10.1 Å². The van der Waals surface area contributed by atoms with E-state index in [9.17, 15) is 9.59 Å². The molecular formula is C25H30N4O3. The van der Waals surface area contributed by atoms with Crippen LogP contribution in [0.2, 0.25) is 0 Å². The highest BCUT2D eigenvalue weighted by molar-refractivity contribution is 5.94. The van der Waals surface area contributed by atoms with E-state index in [-0.39, 0.29) is 17.9 Å². The molecule has 1 atom stereocenters. The second kappa shape index (κ2) is 10.6. The summed E-state index contributed by atoms with van der Waals surface area (Å²) in [4.78, 5) is 31.8. The zero-order valence-corrected chi connectivity index (χ0v) is 19.0. The zero-order valence-electron chi connectivity index (χ0n) is 19.0. The number of carbonyl (C=O) groups excluding carboxylic acids is 2. The fourth-order valence-corrected chi connectivity index (χ4v) is 3.69. The quantitative estimate of drug-likeness (QED) is 0.561. The van der Waals surface area contributed by atoms with Crippen molar-refractivity contribution >= 4 is 11.8 Å². The molecule has 168 valence electrons. The fraction of sp³-hybridized carbons (Fsp3) is 0.320. The third kappa shape index (κ3) is 5.75. The number of hydrogen-bond acceptors (Lipinski definition) is 4. The van der Waals surface area contributed by atoms with Gasteiger partial charge in [-0.2, -0.15) is 0 Å². The molecule has 0 spiro atoms. The number of benzene rings is 1. The highest BCUT2D eigenvalue weighted by atomic mass is 16.5. The number of aryl methyl sites for hydroxylation is 2. The number of carbonyl (C=O) groups is 2. The lowest BCUT2D eigenvalue weighted by Gasteiger charge is -2.29. The number of aromatic nitrogens is 2. The second-order valence-corrected chi connectivity index (χ2v) is 7.85. The predicted octanol–water partition coefficient (Wildman–Crippen LogP) is 3.24. The van der Waals surface area contributed by atoms with Crippen molar-refractivity contribution in [3.63, 3.8) is 0 Å². The Morgan fingerprint density at radius 3 is 2.56 bits per heavy atom. The molecule has 0 aliphatic carbocycles. The van der Waals surface area contributed by atoms with Crippen molar-refractivity contribution in [3.8, 4) is 5.88 Å². The molecule has 0 unspecified atom stereocenters. The number of hydrogen-bond donors (Lipinski definition) is 1. The van der Waals surface area contributed by atoms with E-state index in [0.717, 1.165) is 11.3 Å². The van der Waals surface area contributed by atoms with Crippen molar-refractivity contribution in [3.05, 3.63) is 83.3 Å². The molecule has 3 rings (SSSR count). The Bertz CT molecular complexity index is 1060. The van der Waals surface area contributed by atoms with E-state index in [4.69, 9.17) is 4.74 Å². The van der Waals surface area contributed by atoms with Crippen LogP contribution in [-0.2, 0) is 13.5 Å². The van der Waals surface area contributed by atoms with Gasteiger partial charge in [0.2, 0.25) is 5.88 Å². The van der Waals surface area contributed by atoms with Crippen LogP contribution in [0.1, 0.15) is 38.5 Å². The van der Waals surface area contributed by atoms with Crippen molar-refractivity contribution in [2.75, 3.05) is 20.7 Å². The molecule has 0 bridgehead atoms. The first kappa shape index (κ1) is 23.1. The van der Waals surface area contributed by atoms with Crippen LogP contribution in [0, 0.1) is 6.92 Å². The first-order valence-electron chi connectivity index (χ1n) is 10.6. The Balaban J connectivity index is 1.74. The van der Waals surface area contributed by atoms with Crippen molar-refractivity contribution in [1.29, 1.82) is 0 Å². The first-order chi connectivity index (χ1) is 15.4. The molecule has 1 N–H and O–H groups in total. The smallest absolute Gasteiger partial charge is 0.267 e. The van der Waals surface area contributed by atoms with Crippen LogP contribution in [0.15, 0.2) is 60.8 Å². The topological polar surface area (TPSA) is 76.5 Å². The fourth-order valence-electron chi connectivity index (χ4n) is 3.69. The van der Waals surface area contributed by atoms with Gasteiger partial charge in [-0.25, -0.2) is 4.98 Å². The maximum Gasteiger partial charge on any atom is 0.267 e. The van der Waals surface area contributed by atoms with Gasteiger partial charge in [0.25, 0.3) is 11.8 Å². The van der Waals surface area contributed by atoms with Crippen LogP contribution in [0.3, 0.4) is 0 Å². The molecule has 2 aromatic heterocycles. The average Bonchev–Trinajstić information content (AvgIpc) is 3.23. The second-order valence-electron chi connectivity index (χ2n) is 7.85. The minimum Gasteiger partial charge on any atom is -0.481 e. The number of ether oxygens (including phenoxy) is 1. The van der Waals surface area contributed by atoms with E-state index >= 15 is 0 Å². The molecule has 0 saturated carbocycles. The summed E-state index contributed by atoms with van der Waals surface area (Å²) in [6.07, 6.45) is 3.14. The van der Waals surface area contributed by atoms with Crippen LogP contribution in [0.25, 0.3) is 0 Å². The maximum absolute atomic E-state index is 13.3. The molecule has 0 radical (unpaired) electrons. The number of likely N-dealkylation sites (N-methyl/N-ethyl adjacent to an activating group) is 1. The van der Waals surface area contributed by atoms with Crippen LogP contribution in [-0.4, -0.2) is 53.0 Å². The molecule has 0 fully saturated rings. The molecule has 7 heteroatoms. The zero-order chi connectivity index (χ0) is 23.1. The summed E-state index contributed by atoms with van der Waals surface area (Å²) in [5.41, 5.74) is 2.99. The summed E-state index contributed by atoms with van der Waals surface area (Å²) < 4.78 is 7.01. The van der Waals surface area contributed by atoms with Gasteiger partial charge < -0.3 is 19.5 Å². The largest absolute Gasteiger partial charge is 0.481 e. The normalized spacial score (nSPS) is 11.6. The summed E-state index contributed by atoms with van der Waals surface area (Å²) >= 11 is 0. The predicted molar refractivity (Wildman–Crippen MR) is 124 cm³/mol. The summed E-state index contributed by atoms with van der Waals surface area (Å²) in [7, 11) is 5.18. The molecule has 0 saturated heterocycles. The molecule has 2 amide bonds. The number of pyridine rings is 1. The molecule has 0 aliphatic heterocycles. The van der Waals surface area contributed by atoms with Gasteiger partial charge in [-0.05, 0) is 43.5 Å². The SMILES string of the molecule is COc1cc(C(=O)N(C)[C@H](CCNC(=O)c2cccn2C)Cc2ccccc2)cc(C)n1. The van der Waals surface area contributed by atoms with E-state index in [1.807, 2.05) is 56.6 Å². The Morgan fingerprint density at radius 1 is 1.16 bits per heavy atom. The molecular weight excluding hydrogens is 404 g/mol. The van der Waals surface area contributed by atoms with Gasteiger partial charge >= 0.3 is 0 Å². The number of rotatable bonds is 9. The van der Waals surface area contributed by atoms with Crippen molar-refractivity contribution < 1.29 is 14.3 Å². The van der Waals surface area contributed by atoms with Gasteiger partial charge in [0.15, 0.2) is 0 Å². The Hall–Kier alpha value is -3.61. The highest BCUT2D eigenvalue weighted by Crippen LogP contribution is 2.18. The van der Waals surface area contributed by atoms with E-state index in [1.54, 1.807) is 34.7 Å². The molecule has 0 aliphatic rings. The number of nitrogens with one attached hydrogen (secondary N) is 1. The summed E-state index contributed by atoms with van der Waals surface area (Å²) in [5.74, 6) is 0.180. The number of nitrogens with zero attached hydrogens (tertiary/aromatic N) is 3. The lowest BCUT2D eigenvalue weighted by molar-refractivity contribution is 0.0722. The lowest BCUT2D eigenvalue weighted by Crippen LogP contribution is -2.41. The Labute approximate surface area is 189 Å². The van der Waals surface area contributed by atoms with E-state index in [1.165, 1.54) is 7.11 Å².